The van der Waals surface area contributed by atoms with Gasteiger partial charge in [0, 0.05) is 17.6 Å². The molecule has 0 aliphatic rings. The first kappa shape index (κ1) is 12.8. The van der Waals surface area contributed by atoms with Crippen LogP contribution in [0, 0.1) is 0 Å². The molecule has 0 saturated heterocycles. The number of fused-ring (bicyclic) bond motifs is 1. The van der Waals surface area contributed by atoms with E-state index in [2.05, 4.69) is 64.9 Å². The highest BCUT2D eigenvalue weighted by Crippen LogP contribution is 2.21. The standard InChI is InChI=1S/C18H18N2/c1-19-17(12-14-6-3-2-4-7-14)16-10-9-15-8-5-11-20-18(15)13-16/h2-11,13,17,19H,12H2,1H3. The maximum absolute atomic E-state index is 4.44. The number of hydrogen-bond acceptors (Lipinski definition) is 2. The van der Waals surface area contributed by atoms with Gasteiger partial charge in [-0.25, -0.2) is 0 Å². The zero-order chi connectivity index (χ0) is 13.8. The third-order valence-corrected chi connectivity index (χ3v) is 3.66. The lowest BCUT2D eigenvalue weighted by atomic mass is 9.98. The van der Waals surface area contributed by atoms with Crippen LogP contribution in [0.4, 0.5) is 0 Å². The van der Waals surface area contributed by atoms with Gasteiger partial charge in [-0.1, -0.05) is 48.5 Å². The number of hydrogen-bond donors (Lipinski definition) is 1. The second-order valence-electron chi connectivity index (χ2n) is 4.99. The fourth-order valence-electron chi connectivity index (χ4n) is 2.54. The maximum Gasteiger partial charge on any atom is 0.0705 e. The molecule has 1 heterocycles. The first-order valence-corrected chi connectivity index (χ1v) is 6.93. The largest absolute Gasteiger partial charge is 0.313 e. The Morgan fingerprint density at radius 3 is 2.65 bits per heavy atom. The molecule has 0 spiro atoms. The van der Waals surface area contributed by atoms with Gasteiger partial charge in [-0.15, -0.1) is 0 Å². The molecule has 100 valence electrons. The van der Waals surface area contributed by atoms with Gasteiger partial charge in [-0.05, 0) is 36.7 Å². The van der Waals surface area contributed by atoms with Crippen LogP contribution >= 0.6 is 0 Å². The van der Waals surface area contributed by atoms with Crippen molar-refractivity contribution in [1.82, 2.24) is 10.3 Å². The minimum Gasteiger partial charge on any atom is -0.313 e. The Balaban J connectivity index is 1.91. The fraction of sp³-hybridized carbons (Fsp3) is 0.167. The second kappa shape index (κ2) is 5.85. The summed E-state index contributed by atoms with van der Waals surface area (Å²) in [7, 11) is 2.01. The molecule has 3 rings (SSSR count). The van der Waals surface area contributed by atoms with Crippen molar-refractivity contribution < 1.29 is 0 Å². The van der Waals surface area contributed by atoms with Gasteiger partial charge in [-0.3, -0.25) is 4.98 Å². The van der Waals surface area contributed by atoms with Gasteiger partial charge in [0.05, 0.1) is 5.52 Å². The molecule has 3 aromatic rings. The van der Waals surface area contributed by atoms with Gasteiger partial charge in [0.1, 0.15) is 0 Å². The molecule has 2 heteroatoms. The van der Waals surface area contributed by atoms with Crippen LogP contribution in [0.25, 0.3) is 10.9 Å². The molecule has 0 aliphatic carbocycles. The molecule has 1 unspecified atom stereocenters. The Labute approximate surface area is 119 Å². The van der Waals surface area contributed by atoms with Crippen molar-refractivity contribution in [3.8, 4) is 0 Å². The minimum absolute atomic E-state index is 0.309. The van der Waals surface area contributed by atoms with E-state index in [0.717, 1.165) is 11.9 Å². The van der Waals surface area contributed by atoms with E-state index in [0.29, 0.717) is 6.04 Å². The number of pyridine rings is 1. The number of nitrogens with zero attached hydrogens (tertiary/aromatic N) is 1. The molecule has 0 amide bonds. The van der Waals surface area contributed by atoms with Gasteiger partial charge in [0.15, 0.2) is 0 Å². The summed E-state index contributed by atoms with van der Waals surface area (Å²) in [5, 5.41) is 4.59. The highest BCUT2D eigenvalue weighted by atomic mass is 14.9. The number of benzene rings is 2. The van der Waals surface area contributed by atoms with Crippen molar-refractivity contribution in [3.63, 3.8) is 0 Å². The first-order valence-electron chi connectivity index (χ1n) is 6.93. The topological polar surface area (TPSA) is 24.9 Å². The summed E-state index contributed by atoms with van der Waals surface area (Å²) in [6.45, 7) is 0. The Hall–Kier alpha value is -2.19. The highest BCUT2D eigenvalue weighted by Gasteiger charge is 2.10. The third-order valence-electron chi connectivity index (χ3n) is 3.66. The Morgan fingerprint density at radius 1 is 1.00 bits per heavy atom. The van der Waals surface area contributed by atoms with E-state index < -0.39 is 0 Å². The molecule has 0 radical (unpaired) electrons. The van der Waals surface area contributed by atoms with Crippen LogP contribution in [0.2, 0.25) is 0 Å². The lowest BCUT2D eigenvalue weighted by molar-refractivity contribution is 0.592. The monoisotopic (exact) mass is 262 g/mol. The SMILES string of the molecule is CNC(Cc1ccccc1)c1ccc2cccnc2c1. The zero-order valence-corrected chi connectivity index (χ0v) is 11.6. The Morgan fingerprint density at radius 2 is 1.85 bits per heavy atom. The van der Waals surface area contributed by atoms with Crippen LogP contribution in [0.15, 0.2) is 66.9 Å². The molecule has 2 nitrogen and oxygen atoms in total. The summed E-state index contributed by atoms with van der Waals surface area (Å²) in [5.41, 5.74) is 3.67. The van der Waals surface area contributed by atoms with Gasteiger partial charge in [-0.2, -0.15) is 0 Å². The molecule has 0 saturated carbocycles. The molecule has 1 aromatic heterocycles. The smallest absolute Gasteiger partial charge is 0.0705 e. The normalized spacial score (nSPS) is 12.4. The molecule has 0 bridgehead atoms. The quantitative estimate of drug-likeness (QED) is 0.774. The van der Waals surface area contributed by atoms with Crippen molar-refractivity contribution in [3.05, 3.63) is 78.0 Å². The first-order chi connectivity index (χ1) is 9.86. The van der Waals surface area contributed by atoms with Crippen LogP contribution < -0.4 is 5.32 Å². The zero-order valence-electron chi connectivity index (χ0n) is 11.6. The minimum atomic E-state index is 0.309. The Bertz CT molecular complexity index is 692. The summed E-state index contributed by atoms with van der Waals surface area (Å²) < 4.78 is 0. The average molecular weight is 262 g/mol. The van der Waals surface area contributed by atoms with E-state index in [1.54, 1.807) is 0 Å². The molecule has 20 heavy (non-hydrogen) atoms. The molecule has 1 N–H and O–H groups in total. The van der Waals surface area contributed by atoms with Crippen molar-refractivity contribution in [1.29, 1.82) is 0 Å². The van der Waals surface area contributed by atoms with Gasteiger partial charge in [0.25, 0.3) is 0 Å². The summed E-state index contributed by atoms with van der Waals surface area (Å²) in [5.74, 6) is 0. The number of likely N-dealkylation sites (N-methyl/N-ethyl adjacent to an activating group) is 1. The van der Waals surface area contributed by atoms with Crippen molar-refractivity contribution >= 4 is 10.9 Å². The van der Waals surface area contributed by atoms with E-state index in [9.17, 15) is 0 Å². The summed E-state index contributed by atoms with van der Waals surface area (Å²) in [4.78, 5) is 4.44. The number of nitrogens with one attached hydrogen (secondary N) is 1. The highest BCUT2D eigenvalue weighted by molar-refractivity contribution is 5.79. The summed E-state index contributed by atoms with van der Waals surface area (Å²) >= 11 is 0. The van der Waals surface area contributed by atoms with Crippen LogP contribution in [0.3, 0.4) is 0 Å². The lowest BCUT2D eigenvalue weighted by Gasteiger charge is -2.17. The fourth-order valence-corrected chi connectivity index (χ4v) is 2.54. The Kier molecular flexibility index (Phi) is 3.75. The molecular formula is C18H18N2. The van der Waals surface area contributed by atoms with Gasteiger partial charge in [0.2, 0.25) is 0 Å². The van der Waals surface area contributed by atoms with Gasteiger partial charge < -0.3 is 5.32 Å². The average Bonchev–Trinajstić information content (AvgIpc) is 2.53. The van der Waals surface area contributed by atoms with Crippen molar-refractivity contribution in [2.45, 2.75) is 12.5 Å². The second-order valence-corrected chi connectivity index (χ2v) is 4.99. The molecular weight excluding hydrogens is 244 g/mol. The molecule has 2 aromatic carbocycles. The maximum atomic E-state index is 4.44. The van der Waals surface area contributed by atoms with Gasteiger partial charge >= 0.3 is 0 Å². The predicted molar refractivity (Wildman–Crippen MR) is 83.7 cm³/mol. The van der Waals surface area contributed by atoms with E-state index in [-0.39, 0.29) is 0 Å². The van der Waals surface area contributed by atoms with Crippen molar-refractivity contribution in [2.75, 3.05) is 7.05 Å². The third kappa shape index (κ3) is 2.70. The van der Waals surface area contributed by atoms with E-state index in [1.165, 1.54) is 16.5 Å². The lowest BCUT2D eigenvalue weighted by Crippen LogP contribution is -2.18. The molecule has 0 fully saturated rings. The van der Waals surface area contributed by atoms with Crippen LogP contribution in [0.5, 0.6) is 0 Å². The van der Waals surface area contributed by atoms with E-state index in [4.69, 9.17) is 0 Å². The van der Waals surface area contributed by atoms with E-state index >= 15 is 0 Å². The number of rotatable bonds is 4. The summed E-state index contributed by atoms with van der Waals surface area (Å²) in [6.07, 6.45) is 2.83. The molecule has 0 aliphatic heterocycles. The van der Waals surface area contributed by atoms with Crippen LogP contribution in [-0.4, -0.2) is 12.0 Å². The number of aromatic nitrogens is 1. The predicted octanol–water partition coefficient (Wildman–Crippen LogP) is 3.74. The summed E-state index contributed by atoms with van der Waals surface area (Å²) in [6, 6.07) is 21.5. The molecule has 1 atom stereocenters. The van der Waals surface area contributed by atoms with Crippen LogP contribution in [-0.2, 0) is 6.42 Å². The van der Waals surface area contributed by atoms with E-state index in [1.807, 2.05) is 19.3 Å². The van der Waals surface area contributed by atoms with Crippen LogP contribution in [0.1, 0.15) is 17.2 Å². The van der Waals surface area contributed by atoms with Crippen molar-refractivity contribution in [2.24, 2.45) is 0 Å².